The Morgan fingerprint density at radius 2 is 2.18 bits per heavy atom. The van der Waals surface area contributed by atoms with Gasteiger partial charge in [0.05, 0.1) is 0 Å². The van der Waals surface area contributed by atoms with Gasteiger partial charge in [0.25, 0.3) is 0 Å². The first-order valence-corrected chi connectivity index (χ1v) is 6.17. The number of hydrazone groups is 1. The van der Waals surface area contributed by atoms with Gasteiger partial charge >= 0.3 is 0 Å². The molecule has 1 aliphatic heterocycles. The van der Waals surface area contributed by atoms with Gasteiger partial charge in [-0.3, -0.25) is 0 Å². The highest BCUT2D eigenvalue weighted by molar-refractivity contribution is 6.31. The van der Waals surface area contributed by atoms with Crippen LogP contribution in [0.2, 0.25) is 0 Å². The molecule has 0 unspecified atom stereocenters. The lowest BCUT2D eigenvalue weighted by atomic mass is 9.89. The van der Waals surface area contributed by atoms with E-state index in [1.54, 1.807) is 5.01 Å². The van der Waals surface area contributed by atoms with Crippen molar-refractivity contribution < 1.29 is 0 Å². The second kappa shape index (κ2) is 5.50. The lowest BCUT2D eigenvalue weighted by molar-refractivity contribution is 0.428. The maximum Gasteiger partial charge on any atom is 0.151 e. The monoisotopic (exact) mass is 253 g/mol. The van der Waals surface area contributed by atoms with Crippen molar-refractivity contribution in [2.24, 2.45) is 15.5 Å². The van der Waals surface area contributed by atoms with Gasteiger partial charge in [-0.2, -0.15) is 5.10 Å². The lowest BCUT2D eigenvalue weighted by Crippen LogP contribution is -2.21. The van der Waals surface area contributed by atoms with E-state index in [2.05, 4.69) is 44.5 Å². The molecule has 1 aliphatic rings. The Labute approximate surface area is 109 Å². The fraction of sp³-hybridized carbons (Fsp3) is 0.538. The van der Waals surface area contributed by atoms with Crippen LogP contribution in [0.4, 0.5) is 0 Å². The number of rotatable bonds is 3. The van der Waals surface area contributed by atoms with Crippen LogP contribution in [0.3, 0.4) is 0 Å². The molecule has 0 atom stereocenters. The zero-order valence-electron chi connectivity index (χ0n) is 11.0. The van der Waals surface area contributed by atoms with E-state index >= 15 is 0 Å². The molecule has 0 spiro atoms. The Kier molecular flexibility index (Phi) is 4.52. The minimum absolute atomic E-state index is 0.188. The van der Waals surface area contributed by atoms with Crippen LogP contribution in [0.15, 0.2) is 33.2 Å². The van der Waals surface area contributed by atoms with Gasteiger partial charge in [0, 0.05) is 12.4 Å². The van der Waals surface area contributed by atoms with Crippen LogP contribution < -0.4 is 0 Å². The second-order valence-electron chi connectivity index (χ2n) is 5.23. The van der Waals surface area contributed by atoms with Crippen LogP contribution >= 0.6 is 11.6 Å². The van der Waals surface area contributed by atoms with Crippen molar-refractivity contribution in [3.05, 3.63) is 23.1 Å². The summed E-state index contributed by atoms with van der Waals surface area (Å²) in [7, 11) is 0. The normalized spacial score (nSPS) is 19.1. The van der Waals surface area contributed by atoms with Crippen molar-refractivity contribution in [3.63, 3.8) is 0 Å². The number of aliphatic imine (C=N–C) groups is 1. The average Bonchev–Trinajstić information content (AvgIpc) is 2.15. The predicted octanol–water partition coefficient (Wildman–Crippen LogP) is 4.13. The molecule has 0 saturated carbocycles. The Balaban J connectivity index is 3.02. The Morgan fingerprint density at radius 1 is 1.53 bits per heavy atom. The number of nitrogens with zero attached hydrogens (tertiary/aromatic N) is 3. The summed E-state index contributed by atoms with van der Waals surface area (Å²) in [4.78, 5) is 4.57. The first-order valence-electron chi connectivity index (χ1n) is 5.79. The lowest BCUT2D eigenvalue weighted by Gasteiger charge is -2.25. The smallest absolute Gasteiger partial charge is 0.151 e. The van der Waals surface area contributed by atoms with Gasteiger partial charge in [0.1, 0.15) is 5.16 Å². The van der Waals surface area contributed by atoms with E-state index in [0.29, 0.717) is 5.16 Å². The van der Waals surface area contributed by atoms with Crippen molar-refractivity contribution in [3.8, 4) is 0 Å². The van der Waals surface area contributed by atoms with Crippen LogP contribution in [-0.4, -0.2) is 17.4 Å². The van der Waals surface area contributed by atoms with Crippen LogP contribution in [0.1, 0.15) is 40.5 Å². The summed E-state index contributed by atoms with van der Waals surface area (Å²) in [6.07, 6.45) is 5.62. The van der Waals surface area contributed by atoms with E-state index < -0.39 is 0 Å². The van der Waals surface area contributed by atoms with E-state index in [-0.39, 0.29) is 5.41 Å². The summed E-state index contributed by atoms with van der Waals surface area (Å²) < 4.78 is 0. The fourth-order valence-corrected chi connectivity index (χ4v) is 1.89. The molecule has 94 valence electrons. The minimum Gasteiger partial charge on any atom is -0.234 e. The standard InChI is InChI=1S/C13H20ClN3/c1-6-7-12-16-10(9-13(2,3)4)8-11(14)17(12)15-5/h7-8H,5-6,9H2,1-4H3/b12-7-. The molecule has 0 N–H and O–H groups in total. The molecule has 0 bridgehead atoms. The van der Waals surface area contributed by atoms with Gasteiger partial charge in [-0.25, -0.2) is 10.0 Å². The van der Waals surface area contributed by atoms with Crippen molar-refractivity contribution in [2.45, 2.75) is 40.5 Å². The number of hydrogen-bond donors (Lipinski definition) is 0. The molecule has 0 amide bonds. The van der Waals surface area contributed by atoms with Crippen LogP contribution in [0.5, 0.6) is 0 Å². The minimum atomic E-state index is 0.188. The molecule has 0 aromatic rings. The molecule has 0 aromatic carbocycles. The molecule has 0 radical (unpaired) electrons. The zero-order chi connectivity index (χ0) is 13.1. The topological polar surface area (TPSA) is 28.0 Å². The van der Waals surface area contributed by atoms with E-state index in [1.807, 2.05) is 12.2 Å². The third kappa shape index (κ3) is 4.00. The fourth-order valence-electron chi connectivity index (χ4n) is 1.62. The number of allylic oxidation sites excluding steroid dienone is 2. The maximum atomic E-state index is 6.17. The van der Waals surface area contributed by atoms with E-state index in [0.717, 1.165) is 24.4 Å². The molecular weight excluding hydrogens is 234 g/mol. The summed E-state index contributed by atoms with van der Waals surface area (Å²) >= 11 is 6.17. The third-order valence-electron chi connectivity index (χ3n) is 2.20. The zero-order valence-corrected chi connectivity index (χ0v) is 11.8. The third-order valence-corrected chi connectivity index (χ3v) is 2.47. The summed E-state index contributed by atoms with van der Waals surface area (Å²) in [5.41, 5.74) is 1.18. The molecule has 17 heavy (non-hydrogen) atoms. The Hall–Kier alpha value is -1.09. The molecule has 1 rings (SSSR count). The quantitative estimate of drug-likeness (QED) is 0.549. The second-order valence-corrected chi connectivity index (χ2v) is 5.62. The Bertz CT molecular complexity index is 386. The Morgan fingerprint density at radius 3 is 2.65 bits per heavy atom. The molecule has 4 heteroatoms. The summed E-state index contributed by atoms with van der Waals surface area (Å²) in [6, 6.07) is 0. The van der Waals surface area contributed by atoms with E-state index in [1.165, 1.54) is 0 Å². The van der Waals surface area contributed by atoms with Crippen molar-refractivity contribution in [1.82, 2.24) is 5.01 Å². The van der Waals surface area contributed by atoms with Gasteiger partial charge < -0.3 is 0 Å². The highest BCUT2D eigenvalue weighted by Crippen LogP contribution is 2.28. The van der Waals surface area contributed by atoms with E-state index in [4.69, 9.17) is 11.6 Å². The van der Waals surface area contributed by atoms with Crippen LogP contribution in [0, 0.1) is 5.41 Å². The van der Waals surface area contributed by atoms with Crippen molar-refractivity contribution in [2.75, 3.05) is 0 Å². The van der Waals surface area contributed by atoms with Gasteiger partial charge in [0.15, 0.2) is 5.82 Å². The van der Waals surface area contributed by atoms with Gasteiger partial charge in [0.2, 0.25) is 0 Å². The van der Waals surface area contributed by atoms with Gasteiger partial charge in [-0.15, -0.1) is 0 Å². The van der Waals surface area contributed by atoms with Crippen molar-refractivity contribution >= 4 is 24.0 Å². The molecular formula is C13H20ClN3. The largest absolute Gasteiger partial charge is 0.234 e. The molecule has 0 aromatic heterocycles. The molecule has 0 aliphatic carbocycles. The average molecular weight is 254 g/mol. The predicted molar refractivity (Wildman–Crippen MR) is 75.2 cm³/mol. The van der Waals surface area contributed by atoms with Crippen LogP contribution in [-0.2, 0) is 0 Å². The number of hydrogen-bond acceptors (Lipinski definition) is 3. The number of halogens is 1. The summed E-state index contributed by atoms with van der Waals surface area (Å²) in [6.45, 7) is 12.1. The van der Waals surface area contributed by atoms with Crippen LogP contribution in [0.25, 0.3) is 0 Å². The first kappa shape index (κ1) is 14.0. The molecule has 1 heterocycles. The molecule has 3 nitrogen and oxygen atoms in total. The van der Waals surface area contributed by atoms with Crippen molar-refractivity contribution in [1.29, 1.82) is 0 Å². The van der Waals surface area contributed by atoms with Gasteiger partial charge in [-0.05, 0) is 30.4 Å². The maximum absolute atomic E-state index is 6.17. The highest BCUT2D eigenvalue weighted by Gasteiger charge is 2.21. The highest BCUT2D eigenvalue weighted by atomic mass is 35.5. The first-order chi connectivity index (χ1) is 7.87. The summed E-state index contributed by atoms with van der Waals surface area (Å²) in [5.74, 6) is 0.759. The summed E-state index contributed by atoms with van der Waals surface area (Å²) in [5, 5.41) is 5.97. The van der Waals surface area contributed by atoms with Gasteiger partial charge in [-0.1, -0.05) is 39.3 Å². The SMILES string of the molecule is C=NN1C(Cl)=CC(CC(C)(C)C)=N/C1=C/CC. The molecule has 0 fully saturated rings. The van der Waals surface area contributed by atoms with E-state index in [9.17, 15) is 0 Å². The molecule has 0 saturated heterocycles.